The Labute approximate surface area is 129 Å². The van der Waals surface area contributed by atoms with E-state index in [-0.39, 0.29) is 11.7 Å². The van der Waals surface area contributed by atoms with E-state index in [1.54, 1.807) is 24.3 Å². The summed E-state index contributed by atoms with van der Waals surface area (Å²) in [5, 5.41) is 2.79. The van der Waals surface area contributed by atoms with E-state index in [1.165, 1.54) is 12.1 Å². The molecule has 2 aromatic rings. The van der Waals surface area contributed by atoms with Gasteiger partial charge >= 0.3 is 0 Å². The average molecular weight is 301 g/mol. The van der Waals surface area contributed by atoms with Crippen molar-refractivity contribution in [1.29, 1.82) is 0 Å². The van der Waals surface area contributed by atoms with Gasteiger partial charge in [0.15, 0.2) is 0 Å². The maximum absolute atomic E-state index is 12.8. The quantitative estimate of drug-likeness (QED) is 0.709. The number of amides is 1. The Balaban J connectivity index is 1.76. The van der Waals surface area contributed by atoms with Crippen LogP contribution in [0.5, 0.6) is 0 Å². The molecule has 0 aliphatic heterocycles. The van der Waals surface area contributed by atoms with Crippen molar-refractivity contribution < 1.29 is 9.18 Å². The van der Waals surface area contributed by atoms with E-state index in [2.05, 4.69) is 5.32 Å². The van der Waals surface area contributed by atoms with Crippen LogP contribution in [0.25, 0.3) is 0 Å². The molecule has 2 aromatic carbocycles. The summed E-state index contributed by atoms with van der Waals surface area (Å²) in [6.45, 7) is 0.472. The monoisotopic (exact) mass is 301 g/mol. The number of nitrogen functional groups attached to an aromatic ring is 1. The standard InChI is InChI=1S/C17H20FN3O/c18-14-5-1-12(2-6-14)9-10-21-17(22)16(20)11-13-3-7-15(19)8-4-13/h1-8,16H,9-11,19-20H2,(H,21,22). The summed E-state index contributed by atoms with van der Waals surface area (Å²) in [5.74, 6) is -0.461. The molecule has 116 valence electrons. The van der Waals surface area contributed by atoms with E-state index >= 15 is 0 Å². The second kappa shape index (κ2) is 7.56. The molecule has 2 rings (SSSR count). The van der Waals surface area contributed by atoms with Crippen molar-refractivity contribution in [2.75, 3.05) is 12.3 Å². The Morgan fingerprint density at radius 3 is 2.27 bits per heavy atom. The fourth-order valence-electron chi connectivity index (χ4n) is 2.11. The SMILES string of the molecule is Nc1ccc(CC(N)C(=O)NCCc2ccc(F)cc2)cc1. The first kappa shape index (κ1) is 16.0. The van der Waals surface area contributed by atoms with E-state index in [9.17, 15) is 9.18 Å². The third kappa shape index (κ3) is 4.86. The van der Waals surface area contributed by atoms with Gasteiger partial charge in [-0.3, -0.25) is 4.79 Å². The van der Waals surface area contributed by atoms with Crippen LogP contribution in [0.3, 0.4) is 0 Å². The van der Waals surface area contributed by atoms with Crippen LogP contribution in [0.4, 0.5) is 10.1 Å². The molecular formula is C17H20FN3O. The van der Waals surface area contributed by atoms with Crippen molar-refractivity contribution >= 4 is 11.6 Å². The molecule has 0 bridgehead atoms. The Morgan fingerprint density at radius 2 is 1.64 bits per heavy atom. The number of benzene rings is 2. The van der Waals surface area contributed by atoms with Gasteiger partial charge in [-0.2, -0.15) is 0 Å². The van der Waals surface area contributed by atoms with Crippen molar-refractivity contribution in [2.24, 2.45) is 5.73 Å². The number of hydrogen-bond donors (Lipinski definition) is 3. The smallest absolute Gasteiger partial charge is 0.237 e. The second-order valence-corrected chi connectivity index (χ2v) is 5.22. The lowest BCUT2D eigenvalue weighted by Crippen LogP contribution is -2.42. The highest BCUT2D eigenvalue weighted by Gasteiger charge is 2.13. The minimum Gasteiger partial charge on any atom is -0.399 e. The van der Waals surface area contributed by atoms with E-state index in [1.807, 2.05) is 12.1 Å². The largest absolute Gasteiger partial charge is 0.399 e. The van der Waals surface area contributed by atoms with Crippen LogP contribution in [-0.4, -0.2) is 18.5 Å². The van der Waals surface area contributed by atoms with Crippen molar-refractivity contribution in [3.63, 3.8) is 0 Å². The van der Waals surface area contributed by atoms with Crippen LogP contribution in [0, 0.1) is 5.82 Å². The highest BCUT2D eigenvalue weighted by atomic mass is 19.1. The Bertz CT molecular complexity index is 611. The highest BCUT2D eigenvalue weighted by Crippen LogP contribution is 2.07. The minimum atomic E-state index is -0.600. The Morgan fingerprint density at radius 1 is 1.05 bits per heavy atom. The van der Waals surface area contributed by atoms with Crippen LogP contribution in [-0.2, 0) is 17.6 Å². The molecule has 0 spiro atoms. The van der Waals surface area contributed by atoms with Crippen LogP contribution < -0.4 is 16.8 Å². The van der Waals surface area contributed by atoms with Crippen LogP contribution in [0.2, 0.25) is 0 Å². The van der Waals surface area contributed by atoms with Gasteiger partial charge in [-0.25, -0.2) is 4.39 Å². The van der Waals surface area contributed by atoms with Gasteiger partial charge in [0.25, 0.3) is 0 Å². The molecule has 0 radical (unpaired) electrons. The first-order valence-electron chi connectivity index (χ1n) is 7.17. The molecule has 0 fully saturated rings. The molecule has 5 N–H and O–H groups in total. The molecule has 1 amide bonds. The molecule has 0 saturated carbocycles. The zero-order valence-electron chi connectivity index (χ0n) is 12.3. The molecule has 0 heterocycles. The highest BCUT2D eigenvalue weighted by molar-refractivity contribution is 5.81. The third-order valence-corrected chi connectivity index (χ3v) is 3.40. The molecule has 1 unspecified atom stereocenters. The molecule has 0 aliphatic carbocycles. The summed E-state index contributed by atoms with van der Waals surface area (Å²) in [4.78, 5) is 11.9. The number of nitrogens with two attached hydrogens (primary N) is 2. The van der Waals surface area contributed by atoms with Gasteiger partial charge in [0.2, 0.25) is 5.91 Å². The van der Waals surface area contributed by atoms with Crippen LogP contribution >= 0.6 is 0 Å². The number of carbonyl (C=O) groups excluding carboxylic acids is 1. The van der Waals surface area contributed by atoms with E-state index in [4.69, 9.17) is 11.5 Å². The maximum Gasteiger partial charge on any atom is 0.237 e. The molecule has 4 nitrogen and oxygen atoms in total. The van der Waals surface area contributed by atoms with Gasteiger partial charge < -0.3 is 16.8 Å². The zero-order chi connectivity index (χ0) is 15.9. The summed E-state index contributed by atoms with van der Waals surface area (Å²) < 4.78 is 12.8. The molecular weight excluding hydrogens is 281 g/mol. The van der Waals surface area contributed by atoms with Crippen LogP contribution in [0.15, 0.2) is 48.5 Å². The normalized spacial score (nSPS) is 11.9. The van der Waals surface area contributed by atoms with Gasteiger partial charge in [0.05, 0.1) is 6.04 Å². The van der Waals surface area contributed by atoms with E-state index in [0.717, 1.165) is 11.1 Å². The molecule has 0 aromatic heterocycles. The van der Waals surface area contributed by atoms with Crippen LogP contribution in [0.1, 0.15) is 11.1 Å². The van der Waals surface area contributed by atoms with Gasteiger partial charge in [-0.15, -0.1) is 0 Å². The third-order valence-electron chi connectivity index (χ3n) is 3.40. The van der Waals surface area contributed by atoms with Gasteiger partial charge in [0, 0.05) is 12.2 Å². The number of anilines is 1. The van der Waals surface area contributed by atoms with Crippen molar-refractivity contribution in [2.45, 2.75) is 18.9 Å². The van der Waals surface area contributed by atoms with Gasteiger partial charge in [-0.1, -0.05) is 24.3 Å². The summed E-state index contributed by atoms with van der Waals surface area (Å²) in [7, 11) is 0. The average Bonchev–Trinajstić information content (AvgIpc) is 2.51. The first-order chi connectivity index (χ1) is 10.5. The molecule has 5 heteroatoms. The zero-order valence-corrected chi connectivity index (χ0v) is 12.3. The number of halogens is 1. The summed E-state index contributed by atoms with van der Waals surface area (Å²) in [5.41, 5.74) is 14.1. The maximum atomic E-state index is 12.8. The first-order valence-corrected chi connectivity index (χ1v) is 7.17. The number of carbonyl (C=O) groups is 1. The fourth-order valence-corrected chi connectivity index (χ4v) is 2.11. The van der Waals surface area contributed by atoms with Crippen molar-refractivity contribution in [3.8, 4) is 0 Å². The summed E-state index contributed by atoms with van der Waals surface area (Å²) in [6, 6.07) is 12.9. The molecule has 1 atom stereocenters. The Hall–Kier alpha value is -2.40. The predicted molar refractivity (Wildman–Crippen MR) is 85.6 cm³/mol. The topological polar surface area (TPSA) is 81.1 Å². The molecule has 0 aliphatic rings. The molecule has 0 saturated heterocycles. The number of rotatable bonds is 6. The summed E-state index contributed by atoms with van der Waals surface area (Å²) in [6.07, 6.45) is 1.10. The minimum absolute atomic E-state index is 0.195. The number of nitrogens with one attached hydrogen (secondary N) is 1. The fraction of sp³-hybridized carbons (Fsp3) is 0.235. The predicted octanol–water partition coefficient (Wildman–Crippen LogP) is 1.64. The van der Waals surface area contributed by atoms with E-state index in [0.29, 0.717) is 25.1 Å². The van der Waals surface area contributed by atoms with Gasteiger partial charge in [0.1, 0.15) is 5.82 Å². The second-order valence-electron chi connectivity index (χ2n) is 5.22. The Kier molecular flexibility index (Phi) is 5.49. The lowest BCUT2D eigenvalue weighted by atomic mass is 10.1. The lowest BCUT2D eigenvalue weighted by molar-refractivity contribution is -0.122. The lowest BCUT2D eigenvalue weighted by Gasteiger charge is -2.12. The van der Waals surface area contributed by atoms with Gasteiger partial charge in [-0.05, 0) is 48.2 Å². The number of hydrogen-bond acceptors (Lipinski definition) is 3. The molecule has 22 heavy (non-hydrogen) atoms. The van der Waals surface area contributed by atoms with Crippen molar-refractivity contribution in [3.05, 3.63) is 65.5 Å². The van der Waals surface area contributed by atoms with Crippen molar-refractivity contribution in [1.82, 2.24) is 5.32 Å². The van der Waals surface area contributed by atoms with E-state index < -0.39 is 6.04 Å². The summed E-state index contributed by atoms with van der Waals surface area (Å²) >= 11 is 0.